The highest BCUT2D eigenvalue weighted by atomic mass is 16.3. The molecule has 1 aromatic carbocycles. The number of aromatic hydroxyl groups is 1. The molecule has 14 heavy (non-hydrogen) atoms. The van der Waals surface area contributed by atoms with Crippen LogP contribution in [0.1, 0.15) is 5.56 Å². The number of hydrogen-bond donors (Lipinski definition) is 3. The van der Waals surface area contributed by atoms with E-state index < -0.39 is 0 Å². The fraction of sp³-hybridized carbons (Fsp3) is 0.455. The van der Waals surface area contributed by atoms with Gasteiger partial charge in [0.15, 0.2) is 0 Å². The fourth-order valence-corrected chi connectivity index (χ4v) is 1.66. The Bertz CT molecular complexity index is 310. The zero-order valence-corrected chi connectivity index (χ0v) is 7.98. The number of benzene rings is 1. The highest BCUT2D eigenvalue weighted by molar-refractivity contribution is 5.32. The number of nitrogens with one attached hydrogen (secondary N) is 1. The molecule has 1 saturated heterocycles. The van der Waals surface area contributed by atoms with Crippen molar-refractivity contribution in [1.82, 2.24) is 5.32 Å². The van der Waals surface area contributed by atoms with Gasteiger partial charge in [-0.2, -0.15) is 0 Å². The average Bonchev–Trinajstić information content (AvgIpc) is 2.05. The van der Waals surface area contributed by atoms with E-state index >= 15 is 0 Å². The molecule has 1 heterocycles. The lowest BCUT2D eigenvalue weighted by Gasteiger charge is -2.31. The monoisotopic (exact) mass is 193 g/mol. The average molecular weight is 193 g/mol. The van der Waals surface area contributed by atoms with Crippen molar-refractivity contribution in [2.75, 3.05) is 13.1 Å². The smallest absolute Gasteiger partial charge is 0.118 e. The van der Waals surface area contributed by atoms with Gasteiger partial charge < -0.3 is 15.5 Å². The molecule has 1 aliphatic heterocycles. The summed E-state index contributed by atoms with van der Waals surface area (Å²) in [6.45, 7) is 1.77. The molecule has 1 unspecified atom stereocenters. The van der Waals surface area contributed by atoms with Crippen molar-refractivity contribution in [3.63, 3.8) is 0 Å². The molecule has 76 valence electrons. The van der Waals surface area contributed by atoms with Gasteiger partial charge in [-0.25, -0.2) is 0 Å². The molecule has 1 aromatic rings. The minimum Gasteiger partial charge on any atom is -0.508 e. The van der Waals surface area contributed by atoms with Crippen molar-refractivity contribution in [3.05, 3.63) is 29.8 Å². The van der Waals surface area contributed by atoms with Crippen LogP contribution in [0.2, 0.25) is 0 Å². The molecular formula is C11H15NO2. The van der Waals surface area contributed by atoms with Gasteiger partial charge >= 0.3 is 0 Å². The number of hydrogen-bond acceptors (Lipinski definition) is 3. The quantitative estimate of drug-likeness (QED) is 0.656. The summed E-state index contributed by atoms with van der Waals surface area (Å²) in [6.07, 6.45) is 0.198. The van der Waals surface area contributed by atoms with E-state index in [-0.39, 0.29) is 11.9 Å². The van der Waals surface area contributed by atoms with Gasteiger partial charge in [0, 0.05) is 25.4 Å². The standard InChI is InChI=1S/C11H15NO2/c13-10-4-2-1-3-8(10)5-11(14)9-6-12-7-9/h1-4,9,11-14H,5-7H2. The van der Waals surface area contributed by atoms with Crippen molar-refractivity contribution < 1.29 is 10.2 Å². The van der Waals surface area contributed by atoms with Gasteiger partial charge in [0.1, 0.15) is 5.75 Å². The Kier molecular flexibility index (Phi) is 2.70. The third-order valence-electron chi connectivity index (χ3n) is 2.78. The molecule has 0 aliphatic carbocycles. The number of aliphatic hydroxyl groups excluding tert-OH is 1. The first-order valence-electron chi connectivity index (χ1n) is 4.93. The lowest BCUT2D eigenvalue weighted by Crippen LogP contribution is -2.49. The minimum absolute atomic E-state index is 0.277. The molecular weight excluding hydrogens is 178 g/mol. The summed E-state index contributed by atoms with van der Waals surface area (Å²) in [5, 5.41) is 22.4. The van der Waals surface area contributed by atoms with E-state index in [1.807, 2.05) is 12.1 Å². The Morgan fingerprint density at radius 3 is 2.64 bits per heavy atom. The van der Waals surface area contributed by atoms with Crippen molar-refractivity contribution in [1.29, 1.82) is 0 Å². The Morgan fingerprint density at radius 2 is 2.07 bits per heavy atom. The summed E-state index contributed by atoms with van der Waals surface area (Å²) in [5.74, 6) is 0.619. The Morgan fingerprint density at radius 1 is 1.36 bits per heavy atom. The van der Waals surface area contributed by atoms with E-state index in [0.29, 0.717) is 12.3 Å². The lowest BCUT2D eigenvalue weighted by atomic mass is 9.91. The first-order valence-corrected chi connectivity index (χ1v) is 4.93. The van der Waals surface area contributed by atoms with Crippen LogP contribution in [0, 0.1) is 5.92 Å². The summed E-state index contributed by atoms with van der Waals surface area (Å²) < 4.78 is 0. The van der Waals surface area contributed by atoms with Crippen LogP contribution in [0.4, 0.5) is 0 Å². The molecule has 0 saturated carbocycles. The predicted molar refractivity (Wildman–Crippen MR) is 54.2 cm³/mol. The van der Waals surface area contributed by atoms with Crippen molar-refractivity contribution in [2.45, 2.75) is 12.5 Å². The van der Waals surface area contributed by atoms with Gasteiger partial charge in [-0.05, 0) is 11.6 Å². The van der Waals surface area contributed by atoms with E-state index in [1.165, 1.54) is 0 Å². The van der Waals surface area contributed by atoms with E-state index in [0.717, 1.165) is 18.7 Å². The van der Waals surface area contributed by atoms with Crippen LogP contribution in [0.15, 0.2) is 24.3 Å². The third-order valence-corrected chi connectivity index (χ3v) is 2.78. The zero-order valence-electron chi connectivity index (χ0n) is 7.98. The maximum absolute atomic E-state index is 9.80. The van der Waals surface area contributed by atoms with Crippen molar-refractivity contribution in [2.24, 2.45) is 5.92 Å². The maximum atomic E-state index is 9.80. The molecule has 0 radical (unpaired) electrons. The van der Waals surface area contributed by atoms with Gasteiger partial charge in [0.05, 0.1) is 6.10 Å². The molecule has 0 amide bonds. The van der Waals surface area contributed by atoms with Gasteiger partial charge in [-0.3, -0.25) is 0 Å². The molecule has 0 bridgehead atoms. The van der Waals surface area contributed by atoms with Gasteiger partial charge in [0.25, 0.3) is 0 Å². The molecule has 1 aliphatic rings. The normalized spacial score (nSPS) is 18.9. The summed E-state index contributed by atoms with van der Waals surface area (Å²) in [4.78, 5) is 0. The van der Waals surface area contributed by atoms with Crippen LogP contribution in [-0.4, -0.2) is 29.4 Å². The highest BCUT2D eigenvalue weighted by Gasteiger charge is 2.25. The van der Waals surface area contributed by atoms with Crippen molar-refractivity contribution >= 4 is 0 Å². The van der Waals surface area contributed by atoms with E-state index in [1.54, 1.807) is 12.1 Å². The summed E-state index contributed by atoms with van der Waals surface area (Å²) in [7, 11) is 0. The number of phenols is 1. The number of rotatable bonds is 3. The second-order valence-corrected chi connectivity index (χ2v) is 3.82. The number of para-hydroxylation sites is 1. The maximum Gasteiger partial charge on any atom is 0.118 e. The van der Waals surface area contributed by atoms with Crippen LogP contribution in [-0.2, 0) is 6.42 Å². The zero-order chi connectivity index (χ0) is 9.97. The molecule has 3 nitrogen and oxygen atoms in total. The van der Waals surface area contributed by atoms with Crippen LogP contribution in [0.5, 0.6) is 5.75 Å². The van der Waals surface area contributed by atoms with Crippen LogP contribution >= 0.6 is 0 Å². The summed E-state index contributed by atoms with van der Waals surface area (Å²) >= 11 is 0. The van der Waals surface area contributed by atoms with E-state index in [2.05, 4.69) is 5.32 Å². The van der Waals surface area contributed by atoms with Crippen LogP contribution in [0.3, 0.4) is 0 Å². The third kappa shape index (κ3) is 1.89. The topological polar surface area (TPSA) is 52.5 Å². The summed E-state index contributed by atoms with van der Waals surface area (Å²) in [6, 6.07) is 7.17. The predicted octanol–water partition coefficient (Wildman–Crippen LogP) is 0.515. The molecule has 3 heteroatoms. The van der Waals surface area contributed by atoms with Crippen LogP contribution in [0.25, 0.3) is 0 Å². The number of phenolic OH excluding ortho intramolecular Hbond substituents is 1. The molecule has 0 aromatic heterocycles. The Labute approximate surface area is 83.4 Å². The fourth-order valence-electron chi connectivity index (χ4n) is 1.66. The SMILES string of the molecule is Oc1ccccc1CC(O)C1CNC1. The molecule has 2 rings (SSSR count). The second kappa shape index (κ2) is 3.98. The van der Waals surface area contributed by atoms with E-state index in [4.69, 9.17) is 0 Å². The van der Waals surface area contributed by atoms with Gasteiger partial charge in [-0.1, -0.05) is 18.2 Å². The minimum atomic E-state index is -0.343. The molecule has 3 N–H and O–H groups in total. The Balaban J connectivity index is 1.99. The van der Waals surface area contributed by atoms with Crippen molar-refractivity contribution in [3.8, 4) is 5.75 Å². The molecule has 1 fully saturated rings. The first kappa shape index (κ1) is 9.49. The highest BCUT2D eigenvalue weighted by Crippen LogP contribution is 2.21. The largest absolute Gasteiger partial charge is 0.508 e. The first-order chi connectivity index (χ1) is 6.77. The van der Waals surface area contributed by atoms with Crippen LogP contribution < -0.4 is 5.32 Å². The number of aliphatic hydroxyl groups is 1. The van der Waals surface area contributed by atoms with Gasteiger partial charge in [0.2, 0.25) is 0 Å². The lowest BCUT2D eigenvalue weighted by molar-refractivity contribution is 0.0767. The van der Waals surface area contributed by atoms with E-state index in [9.17, 15) is 10.2 Å². The second-order valence-electron chi connectivity index (χ2n) is 3.82. The summed E-state index contributed by atoms with van der Waals surface area (Å²) in [5.41, 5.74) is 0.826. The Hall–Kier alpha value is -1.06. The molecule has 1 atom stereocenters. The van der Waals surface area contributed by atoms with Gasteiger partial charge in [-0.15, -0.1) is 0 Å². The molecule has 0 spiro atoms.